The molecule has 1 atom stereocenters. The third-order valence-electron chi connectivity index (χ3n) is 3.61. The molecule has 0 saturated carbocycles. The maximum absolute atomic E-state index is 11.3. The SMILES string of the molecule is O=S1(=O)CCC(CCN2CCCNCC2)C1. The number of hydrogen-bond donors (Lipinski definition) is 1. The maximum Gasteiger partial charge on any atom is 0.150 e. The Bertz CT molecular complexity index is 308. The van der Waals surface area contributed by atoms with Crippen molar-refractivity contribution in [2.75, 3.05) is 44.2 Å². The van der Waals surface area contributed by atoms with Gasteiger partial charge in [-0.3, -0.25) is 0 Å². The first-order valence-electron chi connectivity index (χ1n) is 6.29. The quantitative estimate of drug-likeness (QED) is 0.768. The third-order valence-corrected chi connectivity index (χ3v) is 5.45. The highest BCUT2D eigenvalue weighted by Gasteiger charge is 2.27. The molecular formula is C11H22N2O2S. The molecule has 5 heteroatoms. The molecular weight excluding hydrogens is 224 g/mol. The van der Waals surface area contributed by atoms with Gasteiger partial charge < -0.3 is 10.2 Å². The summed E-state index contributed by atoms with van der Waals surface area (Å²) in [6.45, 7) is 5.53. The summed E-state index contributed by atoms with van der Waals surface area (Å²) in [6.07, 6.45) is 3.15. The molecule has 0 aromatic heterocycles. The van der Waals surface area contributed by atoms with E-state index in [1.54, 1.807) is 0 Å². The molecule has 2 aliphatic rings. The molecule has 2 saturated heterocycles. The molecule has 0 aliphatic carbocycles. The molecule has 2 heterocycles. The summed E-state index contributed by atoms with van der Waals surface area (Å²) in [4.78, 5) is 2.46. The molecule has 1 unspecified atom stereocenters. The molecule has 0 bridgehead atoms. The highest BCUT2D eigenvalue weighted by atomic mass is 32.2. The smallest absolute Gasteiger partial charge is 0.150 e. The second-order valence-corrected chi connectivity index (χ2v) is 7.23. The van der Waals surface area contributed by atoms with Gasteiger partial charge in [-0.25, -0.2) is 8.42 Å². The van der Waals surface area contributed by atoms with Crippen LogP contribution in [0, 0.1) is 5.92 Å². The molecule has 4 nitrogen and oxygen atoms in total. The molecule has 94 valence electrons. The Morgan fingerprint density at radius 1 is 1.25 bits per heavy atom. The van der Waals surface area contributed by atoms with Gasteiger partial charge in [-0.2, -0.15) is 0 Å². The lowest BCUT2D eigenvalue weighted by atomic mass is 10.1. The minimum Gasteiger partial charge on any atom is -0.315 e. The van der Waals surface area contributed by atoms with Crippen LogP contribution in [0.15, 0.2) is 0 Å². The molecule has 0 aromatic carbocycles. The number of hydrogen-bond acceptors (Lipinski definition) is 4. The summed E-state index contributed by atoms with van der Waals surface area (Å²) >= 11 is 0. The lowest BCUT2D eigenvalue weighted by molar-refractivity contribution is 0.271. The fourth-order valence-corrected chi connectivity index (χ4v) is 4.50. The molecule has 0 amide bonds. The fourth-order valence-electron chi connectivity index (χ4n) is 2.59. The van der Waals surface area contributed by atoms with E-state index in [-0.39, 0.29) is 0 Å². The van der Waals surface area contributed by atoms with Crippen LogP contribution in [-0.2, 0) is 9.84 Å². The lowest BCUT2D eigenvalue weighted by Gasteiger charge is -2.20. The minimum atomic E-state index is -2.69. The van der Waals surface area contributed by atoms with Gasteiger partial charge in [0.1, 0.15) is 0 Å². The number of rotatable bonds is 3. The molecule has 2 aliphatic heterocycles. The standard InChI is InChI=1S/C11H22N2O2S/c14-16(15)9-3-11(10-16)2-7-13-6-1-4-12-5-8-13/h11-12H,1-10H2. The van der Waals surface area contributed by atoms with Crippen LogP contribution in [0.3, 0.4) is 0 Å². The molecule has 0 aromatic rings. The van der Waals surface area contributed by atoms with Crippen LogP contribution in [0.5, 0.6) is 0 Å². The van der Waals surface area contributed by atoms with Gasteiger partial charge in [0, 0.05) is 13.1 Å². The largest absolute Gasteiger partial charge is 0.315 e. The van der Waals surface area contributed by atoms with E-state index in [2.05, 4.69) is 10.2 Å². The minimum absolute atomic E-state index is 0.416. The Labute approximate surface area is 98.3 Å². The van der Waals surface area contributed by atoms with Crippen LogP contribution in [0.2, 0.25) is 0 Å². The Kier molecular flexibility index (Phi) is 4.21. The summed E-state index contributed by atoms with van der Waals surface area (Å²) in [5.41, 5.74) is 0. The zero-order valence-electron chi connectivity index (χ0n) is 9.82. The van der Waals surface area contributed by atoms with Gasteiger partial charge in [-0.1, -0.05) is 0 Å². The van der Waals surface area contributed by atoms with E-state index in [9.17, 15) is 8.42 Å². The predicted molar refractivity (Wildman–Crippen MR) is 65.3 cm³/mol. The van der Waals surface area contributed by atoms with Crippen LogP contribution in [0.25, 0.3) is 0 Å². The normalized spacial score (nSPS) is 31.4. The average Bonchev–Trinajstić information content (AvgIpc) is 2.47. The first-order valence-corrected chi connectivity index (χ1v) is 8.11. The highest BCUT2D eigenvalue weighted by molar-refractivity contribution is 7.91. The molecule has 2 fully saturated rings. The van der Waals surface area contributed by atoms with E-state index in [0.717, 1.165) is 45.6 Å². The van der Waals surface area contributed by atoms with Crippen LogP contribution >= 0.6 is 0 Å². The molecule has 16 heavy (non-hydrogen) atoms. The van der Waals surface area contributed by atoms with E-state index in [0.29, 0.717) is 17.4 Å². The second kappa shape index (κ2) is 5.47. The number of nitrogens with zero attached hydrogens (tertiary/aromatic N) is 1. The van der Waals surface area contributed by atoms with Crippen molar-refractivity contribution >= 4 is 9.84 Å². The molecule has 0 radical (unpaired) electrons. The Morgan fingerprint density at radius 3 is 2.88 bits per heavy atom. The van der Waals surface area contributed by atoms with Gasteiger partial charge in [-0.15, -0.1) is 0 Å². The summed E-state index contributed by atoms with van der Waals surface area (Å²) in [5, 5.41) is 3.38. The Hall–Kier alpha value is -0.130. The van der Waals surface area contributed by atoms with E-state index in [1.807, 2.05) is 0 Å². The van der Waals surface area contributed by atoms with Crippen molar-refractivity contribution in [2.24, 2.45) is 5.92 Å². The zero-order chi connectivity index (χ0) is 11.4. The maximum atomic E-state index is 11.3. The van der Waals surface area contributed by atoms with E-state index in [1.165, 1.54) is 6.42 Å². The topological polar surface area (TPSA) is 49.4 Å². The first kappa shape index (κ1) is 12.3. The van der Waals surface area contributed by atoms with E-state index >= 15 is 0 Å². The van der Waals surface area contributed by atoms with Crippen LogP contribution in [0.4, 0.5) is 0 Å². The lowest BCUT2D eigenvalue weighted by Crippen LogP contribution is -2.30. The summed E-state index contributed by atoms with van der Waals surface area (Å²) < 4.78 is 22.6. The monoisotopic (exact) mass is 246 g/mol. The molecule has 1 N–H and O–H groups in total. The number of nitrogens with one attached hydrogen (secondary N) is 1. The van der Waals surface area contributed by atoms with E-state index < -0.39 is 9.84 Å². The van der Waals surface area contributed by atoms with Gasteiger partial charge in [0.05, 0.1) is 11.5 Å². The van der Waals surface area contributed by atoms with Crippen molar-refractivity contribution < 1.29 is 8.42 Å². The van der Waals surface area contributed by atoms with Gasteiger partial charge in [-0.05, 0) is 44.8 Å². The first-order chi connectivity index (χ1) is 7.66. The number of sulfone groups is 1. The van der Waals surface area contributed by atoms with Crippen molar-refractivity contribution in [3.05, 3.63) is 0 Å². The van der Waals surface area contributed by atoms with Gasteiger partial charge in [0.2, 0.25) is 0 Å². The van der Waals surface area contributed by atoms with Crippen molar-refractivity contribution in [1.82, 2.24) is 10.2 Å². The summed E-state index contributed by atoms with van der Waals surface area (Å²) in [7, 11) is -2.69. The Morgan fingerprint density at radius 2 is 2.12 bits per heavy atom. The Balaban J connectivity index is 1.71. The average molecular weight is 246 g/mol. The highest BCUT2D eigenvalue weighted by Crippen LogP contribution is 2.21. The van der Waals surface area contributed by atoms with Gasteiger partial charge in [0.25, 0.3) is 0 Å². The van der Waals surface area contributed by atoms with Crippen LogP contribution in [0.1, 0.15) is 19.3 Å². The van der Waals surface area contributed by atoms with Gasteiger partial charge in [0.15, 0.2) is 9.84 Å². The van der Waals surface area contributed by atoms with Crippen LogP contribution in [-0.4, -0.2) is 57.5 Å². The van der Waals surface area contributed by atoms with Crippen molar-refractivity contribution in [2.45, 2.75) is 19.3 Å². The van der Waals surface area contributed by atoms with Crippen molar-refractivity contribution in [1.29, 1.82) is 0 Å². The zero-order valence-corrected chi connectivity index (χ0v) is 10.6. The third kappa shape index (κ3) is 3.71. The molecule has 0 spiro atoms. The van der Waals surface area contributed by atoms with Crippen molar-refractivity contribution in [3.8, 4) is 0 Å². The van der Waals surface area contributed by atoms with Crippen LogP contribution < -0.4 is 5.32 Å². The van der Waals surface area contributed by atoms with E-state index in [4.69, 9.17) is 0 Å². The predicted octanol–water partition coefficient (Wildman–Crippen LogP) is 0.107. The summed E-state index contributed by atoms with van der Waals surface area (Å²) in [5.74, 6) is 1.26. The van der Waals surface area contributed by atoms with Gasteiger partial charge >= 0.3 is 0 Å². The summed E-state index contributed by atoms with van der Waals surface area (Å²) in [6, 6.07) is 0. The fraction of sp³-hybridized carbons (Fsp3) is 1.00. The van der Waals surface area contributed by atoms with Crippen molar-refractivity contribution in [3.63, 3.8) is 0 Å². The second-order valence-electron chi connectivity index (χ2n) is 5.00. The molecule has 2 rings (SSSR count).